The first-order valence-corrected chi connectivity index (χ1v) is 7.59. The number of aryl methyl sites for hydroxylation is 1. The van der Waals surface area contributed by atoms with Gasteiger partial charge in [-0.15, -0.1) is 0 Å². The first-order valence-electron chi connectivity index (χ1n) is 7.59. The van der Waals surface area contributed by atoms with E-state index in [9.17, 15) is 4.79 Å². The van der Waals surface area contributed by atoms with Crippen molar-refractivity contribution >= 4 is 11.6 Å². The molecule has 2 heteroatoms. The SMILES string of the molecule is Cc1ccc2c(c1)CC(C)N2C(=O)C1CCCCC1. The predicted molar refractivity (Wildman–Crippen MR) is 78.4 cm³/mol. The van der Waals surface area contributed by atoms with Crippen LogP contribution in [0.2, 0.25) is 0 Å². The Labute approximate surface area is 115 Å². The highest BCUT2D eigenvalue weighted by Crippen LogP contribution is 2.36. The van der Waals surface area contributed by atoms with Gasteiger partial charge in [0.1, 0.15) is 0 Å². The molecule has 2 aliphatic rings. The van der Waals surface area contributed by atoms with Crippen LogP contribution in [0.5, 0.6) is 0 Å². The van der Waals surface area contributed by atoms with Crippen LogP contribution in [0.15, 0.2) is 18.2 Å². The fourth-order valence-corrected chi connectivity index (χ4v) is 3.64. The smallest absolute Gasteiger partial charge is 0.230 e. The van der Waals surface area contributed by atoms with E-state index in [1.807, 2.05) is 0 Å². The van der Waals surface area contributed by atoms with Crippen LogP contribution in [0.4, 0.5) is 5.69 Å². The molecule has 1 saturated carbocycles. The zero-order valence-corrected chi connectivity index (χ0v) is 12.0. The third-order valence-electron chi connectivity index (χ3n) is 4.64. The molecule has 1 amide bonds. The van der Waals surface area contributed by atoms with Crippen molar-refractivity contribution < 1.29 is 4.79 Å². The maximum atomic E-state index is 12.8. The van der Waals surface area contributed by atoms with Crippen molar-refractivity contribution in [3.63, 3.8) is 0 Å². The van der Waals surface area contributed by atoms with Crippen LogP contribution in [-0.4, -0.2) is 11.9 Å². The number of nitrogens with zero attached hydrogens (tertiary/aromatic N) is 1. The number of fused-ring (bicyclic) bond motifs is 1. The summed E-state index contributed by atoms with van der Waals surface area (Å²) in [6, 6.07) is 6.82. The van der Waals surface area contributed by atoms with E-state index < -0.39 is 0 Å². The molecular formula is C17H23NO. The molecule has 1 aliphatic heterocycles. The second kappa shape index (κ2) is 4.99. The first kappa shape index (κ1) is 12.7. The van der Waals surface area contributed by atoms with Crippen LogP contribution in [0.3, 0.4) is 0 Å². The summed E-state index contributed by atoms with van der Waals surface area (Å²) in [5, 5.41) is 0. The highest BCUT2D eigenvalue weighted by Gasteiger charge is 2.34. The first-order chi connectivity index (χ1) is 9.16. The normalized spacial score (nSPS) is 23.5. The Bertz CT molecular complexity index is 488. The van der Waals surface area contributed by atoms with Gasteiger partial charge in [0.05, 0.1) is 0 Å². The molecule has 0 bridgehead atoms. The van der Waals surface area contributed by atoms with Crippen LogP contribution in [0.1, 0.15) is 50.2 Å². The van der Waals surface area contributed by atoms with Crippen LogP contribution < -0.4 is 4.90 Å². The Hall–Kier alpha value is -1.31. The maximum Gasteiger partial charge on any atom is 0.230 e. The van der Waals surface area contributed by atoms with Crippen molar-refractivity contribution in [2.75, 3.05) is 4.90 Å². The quantitative estimate of drug-likeness (QED) is 0.748. The summed E-state index contributed by atoms with van der Waals surface area (Å²) in [6.45, 7) is 4.30. The summed E-state index contributed by atoms with van der Waals surface area (Å²) < 4.78 is 0. The van der Waals surface area contributed by atoms with Crippen molar-refractivity contribution in [1.82, 2.24) is 0 Å². The molecular weight excluding hydrogens is 234 g/mol. The van der Waals surface area contributed by atoms with Crippen molar-refractivity contribution in [2.24, 2.45) is 5.92 Å². The van der Waals surface area contributed by atoms with Gasteiger partial charge in [-0.3, -0.25) is 4.79 Å². The van der Waals surface area contributed by atoms with E-state index >= 15 is 0 Å². The number of carbonyl (C=O) groups excluding carboxylic acids is 1. The predicted octanol–water partition coefficient (Wildman–Crippen LogP) is 3.85. The Balaban J connectivity index is 1.86. The van der Waals surface area contributed by atoms with Gasteiger partial charge >= 0.3 is 0 Å². The molecule has 1 atom stereocenters. The van der Waals surface area contributed by atoms with Crippen molar-refractivity contribution in [3.8, 4) is 0 Å². The van der Waals surface area contributed by atoms with E-state index in [-0.39, 0.29) is 5.92 Å². The van der Waals surface area contributed by atoms with E-state index in [0.717, 1.165) is 24.9 Å². The van der Waals surface area contributed by atoms with E-state index in [1.54, 1.807) is 0 Å². The van der Waals surface area contributed by atoms with Crippen LogP contribution in [0, 0.1) is 12.8 Å². The van der Waals surface area contributed by atoms with Gasteiger partial charge in [-0.2, -0.15) is 0 Å². The number of amides is 1. The minimum Gasteiger partial charge on any atom is -0.309 e. The molecule has 0 saturated heterocycles. The van der Waals surface area contributed by atoms with Crippen LogP contribution in [-0.2, 0) is 11.2 Å². The molecule has 1 unspecified atom stereocenters. The average molecular weight is 257 g/mol. The topological polar surface area (TPSA) is 20.3 Å². The molecule has 1 aromatic rings. The molecule has 19 heavy (non-hydrogen) atoms. The molecule has 1 aromatic carbocycles. The Morgan fingerprint density at radius 3 is 2.68 bits per heavy atom. The molecule has 0 aromatic heterocycles. The fourth-order valence-electron chi connectivity index (χ4n) is 3.64. The van der Waals surface area contributed by atoms with E-state index in [0.29, 0.717) is 11.9 Å². The Morgan fingerprint density at radius 2 is 1.95 bits per heavy atom. The van der Waals surface area contributed by atoms with E-state index in [1.165, 1.54) is 30.4 Å². The summed E-state index contributed by atoms with van der Waals surface area (Å²) in [4.78, 5) is 14.9. The minimum atomic E-state index is 0.267. The molecule has 1 aliphatic carbocycles. The summed E-state index contributed by atoms with van der Waals surface area (Å²) in [5.74, 6) is 0.637. The van der Waals surface area contributed by atoms with Crippen molar-refractivity contribution in [2.45, 2.75) is 58.4 Å². The van der Waals surface area contributed by atoms with Gasteiger partial charge < -0.3 is 4.90 Å². The molecule has 1 fully saturated rings. The summed E-state index contributed by atoms with van der Waals surface area (Å²) in [6.07, 6.45) is 6.93. The van der Waals surface area contributed by atoms with Crippen LogP contribution >= 0.6 is 0 Å². The van der Waals surface area contributed by atoms with E-state index in [2.05, 4.69) is 36.9 Å². The van der Waals surface area contributed by atoms with Crippen LogP contribution in [0.25, 0.3) is 0 Å². The Morgan fingerprint density at radius 1 is 1.21 bits per heavy atom. The number of carbonyl (C=O) groups is 1. The van der Waals surface area contributed by atoms with Crippen molar-refractivity contribution in [3.05, 3.63) is 29.3 Å². The summed E-state index contributed by atoms with van der Waals surface area (Å²) in [7, 11) is 0. The molecule has 102 valence electrons. The third-order valence-corrected chi connectivity index (χ3v) is 4.64. The minimum absolute atomic E-state index is 0.267. The lowest BCUT2D eigenvalue weighted by atomic mass is 9.88. The van der Waals surface area contributed by atoms with E-state index in [4.69, 9.17) is 0 Å². The van der Waals surface area contributed by atoms with Gasteiger partial charge in [-0.25, -0.2) is 0 Å². The van der Waals surface area contributed by atoms with Gasteiger partial charge in [-0.05, 0) is 44.7 Å². The van der Waals surface area contributed by atoms with Gasteiger partial charge in [0.15, 0.2) is 0 Å². The monoisotopic (exact) mass is 257 g/mol. The second-order valence-electron chi connectivity index (χ2n) is 6.23. The zero-order chi connectivity index (χ0) is 13.4. The van der Waals surface area contributed by atoms with Gasteiger partial charge in [0.25, 0.3) is 0 Å². The molecule has 2 nitrogen and oxygen atoms in total. The molecule has 0 N–H and O–H groups in total. The molecule has 3 rings (SSSR count). The lowest BCUT2D eigenvalue weighted by molar-refractivity contribution is -0.123. The highest BCUT2D eigenvalue weighted by atomic mass is 16.2. The second-order valence-corrected chi connectivity index (χ2v) is 6.23. The summed E-state index contributed by atoms with van der Waals surface area (Å²) >= 11 is 0. The lowest BCUT2D eigenvalue weighted by Gasteiger charge is -2.29. The molecule has 0 radical (unpaired) electrons. The standard InChI is InChI=1S/C17H23NO/c1-12-8-9-16-15(10-12)11-13(2)18(16)17(19)14-6-4-3-5-7-14/h8-10,13-14H,3-7,11H2,1-2H3. The van der Waals surface area contributed by atoms with Gasteiger partial charge in [-0.1, -0.05) is 37.0 Å². The number of benzene rings is 1. The molecule has 1 heterocycles. The number of rotatable bonds is 1. The lowest BCUT2D eigenvalue weighted by Crippen LogP contribution is -2.40. The Kier molecular flexibility index (Phi) is 3.34. The van der Waals surface area contributed by atoms with Gasteiger partial charge in [0, 0.05) is 17.6 Å². The highest BCUT2D eigenvalue weighted by molar-refractivity contribution is 5.97. The molecule has 0 spiro atoms. The van der Waals surface area contributed by atoms with Crippen molar-refractivity contribution in [1.29, 1.82) is 0 Å². The largest absolute Gasteiger partial charge is 0.309 e. The fraction of sp³-hybridized carbons (Fsp3) is 0.588. The summed E-state index contributed by atoms with van der Waals surface area (Å²) in [5.41, 5.74) is 3.79. The third kappa shape index (κ3) is 2.29. The number of anilines is 1. The van der Waals surface area contributed by atoms with Gasteiger partial charge in [0.2, 0.25) is 5.91 Å². The number of hydrogen-bond acceptors (Lipinski definition) is 1. The maximum absolute atomic E-state index is 12.8. The average Bonchev–Trinajstić information content (AvgIpc) is 2.74. The number of hydrogen-bond donors (Lipinski definition) is 0. The zero-order valence-electron chi connectivity index (χ0n) is 12.0.